The van der Waals surface area contributed by atoms with Crippen molar-refractivity contribution in [2.24, 2.45) is 0 Å². The average Bonchev–Trinajstić information content (AvgIpc) is 2.14. The molecular weight excluding hydrogens is 189 g/mol. The van der Waals surface area contributed by atoms with Gasteiger partial charge < -0.3 is 0 Å². The summed E-state index contributed by atoms with van der Waals surface area (Å²) >= 11 is 0. The summed E-state index contributed by atoms with van der Waals surface area (Å²) in [6.07, 6.45) is 0.360. The second kappa shape index (κ2) is 4.14. The molecule has 4 nitrogen and oxygen atoms in total. The molecule has 0 N–H and O–H groups in total. The highest BCUT2D eigenvalue weighted by Crippen LogP contribution is 2.17. The molecule has 0 aliphatic heterocycles. The van der Waals surface area contributed by atoms with E-state index >= 15 is 0 Å². The number of carbonyl (C=O) groups is 1. The number of rotatable bonds is 1. The van der Waals surface area contributed by atoms with Crippen LogP contribution < -0.4 is 0 Å². The van der Waals surface area contributed by atoms with Gasteiger partial charge in [0, 0.05) is 11.6 Å². The molecule has 0 atom stereocenters. The van der Waals surface area contributed by atoms with Gasteiger partial charge in [-0.2, -0.15) is 4.39 Å². The minimum atomic E-state index is -0.965. The molecule has 0 amide bonds. The van der Waals surface area contributed by atoms with E-state index in [2.05, 4.69) is 11.8 Å². The van der Waals surface area contributed by atoms with Crippen LogP contribution >= 0.6 is 0 Å². The lowest BCUT2D eigenvalue weighted by atomic mass is 10.2. The Labute approximate surface area is 78.5 Å². The van der Waals surface area contributed by atoms with Crippen LogP contribution in [-0.2, 0) is 4.79 Å². The summed E-state index contributed by atoms with van der Waals surface area (Å²) in [4.78, 5) is 19.3. The highest BCUT2D eigenvalue weighted by Gasteiger charge is 2.12. The zero-order valence-corrected chi connectivity index (χ0v) is 6.86. The lowest BCUT2D eigenvalue weighted by molar-refractivity contribution is -0.387. The van der Waals surface area contributed by atoms with Crippen LogP contribution in [0, 0.1) is 27.8 Å². The highest BCUT2D eigenvalue weighted by atomic mass is 19.1. The summed E-state index contributed by atoms with van der Waals surface area (Å²) in [7, 11) is 0. The second-order valence-electron chi connectivity index (χ2n) is 2.31. The summed E-state index contributed by atoms with van der Waals surface area (Å²) in [6, 6.07) is 3.19. The van der Waals surface area contributed by atoms with E-state index in [1.807, 2.05) is 0 Å². The average molecular weight is 193 g/mol. The largest absolute Gasteiger partial charge is 0.304 e. The molecule has 0 saturated carbocycles. The fourth-order valence-corrected chi connectivity index (χ4v) is 0.846. The molecule has 14 heavy (non-hydrogen) atoms. The van der Waals surface area contributed by atoms with Crippen LogP contribution in [0.4, 0.5) is 10.1 Å². The molecule has 0 radical (unpaired) electrons. The number of benzene rings is 1. The lowest BCUT2D eigenvalue weighted by Gasteiger charge is -1.93. The van der Waals surface area contributed by atoms with Gasteiger partial charge in [-0.15, -0.1) is 0 Å². The first-order valence-electron chi connectivity index (χ1n) is 3.54. The second-order valence-corrected chi connectivity index (χ2v) is 2.31. The van der Waals surface area contributed by atoms with Gasteiger partial charge in [-0.3, -0.25) is 14.9 Å². The van der Waals surface area contributed by atoms with Gasteiger partial charge in [-0.05, 0) is 18.1 Å². The van der Waals surface area contributed by atoms with Crippen LogP contribution in [0.25, 0.3) is 0 Å². The van der Waals surface area contributed by atoms with Crippen LogP contribution in [0.5, 0.6) is 0 Å². The fraction of sp³-hybridized carbons (Fsp3) is 0. The van der Waals surface area contributed by atoms with E-state index in [0.717, 1.165) is 12.1 Å². The molecule has 1 aromatic rings. The smallest absolute Gasteiger partial charge is 0.289 e. The predicted octanol–water partition coefficient (Wildman–Crippen LogP) is 1.28. The van der Waals surface area contributed by atoms with Crippen LogP contribution in [0.15, 0.2) is 18.2 Å². The number of hydrogen-bond donors (Lipinski definition) is 0. The summed E-state index contributed by atoms with van der Waals surface area (Å²) < 4.78 is 12.9. The van der Waals surface area contributed by atoms with Crippen molar-refractivity contribution < 1.29 is 14.1 Å². The van der Waals surface area contributed by atoms with Crippen LogP contribution in [0.2, 0.25) is 0 Å². The van der Waals surface area contributed by atoms with Crippen LogP contribution in [0.3, 0.4) is 0 Å². The molecule has 1 aromatic carbocycles. The van der Waals surface area contributed by atoms with E-state index in [0.29, 0.717) is 6.29 Å². The topological polar surface area (TPSA) is 60.2 Å². The Balaban J connectivity index is 3.12. The third kappa shape index (κ3) is 2.14. The van der Waals surface area contributed by atoms with E-state index in [9.17, 15) is 19.3 Å². The highest BCUT2D eigenvalue weighted by molar-refractivity contribution is 5.74. The molecule has 0 aliphatic carbocycles. The predicted molar refractivity (Wildman–Crippen MR) is 46.0 cm³/mol. The first-order valence-corrected chi connectivity index (χ1v) is 3.54. The third-order valence-corrected chi connectivity index (χ3v) is 1.42. The Morgan fingerprint density at radius 2 is 2.21 bits per heavy atom. The fourth-order valence-electron chi connectivity index (χ4n) is 0.846. The Morgan fingerprint density at radius 1 is 1.50 bits per heavy atom. The quantitative estimate of drug-likeness (QED) is 0.292. The molecule has 5 heteroatoms. The van der Waals surface area contributed by atoms with Crippen LogP contribution in [-0.4, -0.2) is 11.2 Å². The van der Waals surface area contributed by atoms with Crippen molar-refractivity contribution in [2.75, 3.05) is 0 Å². The molecule has 0 spiro atoms. The molecule has 0 unspecified atom stereocenters. The molecule has 0 bridgehead atoms. The van der Waals surface area contributed by atoms with Crippen molar-refractivity contribution in [1.82, 2.24) is 0 Å². The molecule has 0 aromatic heterocycles. The van der Waals surface area contributed by atoms with Gasteiger partial charge in [0.25, 0.3) is 0 Å². The number of nitro benzene ring substituents is 1. The van der Waals surface area contributed by atoms with E-state index in [-0.39, 0.29) is 5.56 Å². The van der Waals surface area contributed by atoms with Crippen molar-refractivity contribution in [2.45, 2.75) is 0 Å². The van der Waals surface area contributed by atoms with Gasteiger partial charge in [0.2, 0.25) is 5.82 Å². The van der Waals surface area contributed by atoms with Gasteiger partial charge in [0.15, 0.2) is 6.29 Å². The molecule has 0 heterocycles. The van der Waals surface area contributed by atoms with Gasteiger partial charge >= 0.3 is 5.69 Å². The van der Waals surface area contributed by atoms with Crippen molar-refractivity contribution in [3.05, 3.63) is 39.7 Å². The van der Waals surface area contributed by atoms with E-state index in [1.165, 1.54) is 6.07 Å². The van der Waals surface area contributed by atoms with Crippen molar-refractivity contribution in [1.29, 1.82) is 0 Å². The summed E-state index contributed by atoms with van der Waals surface area (Å²) in [5.74, 6) is 3.43. The summed E-state index contributed by atoms with van der Waals surface area (Å²) in [6.45, 7) is 0. The number of halogens is 1. The summed E-state index contributed by atoms with van der Waals surface area (Å²) in [5, 5.41) is 10.2. The maximum absolute atomic E-state index is 12.9. The minimum absolute atomic E-state index is 0.222. The monoisotopic (exact) mass is 193 g/mol. The Morgan fingerprint density at radius 3 is 2.71 bits per heavy atom. The zero-order valence-electron chi connectivity index (χ0n) is 6.86. The first kappa shape index (κ1) is 9.86. The Bertz CT molecular complexity index is 445. The van der Waals surface area contributed by atoms with Gasteiger partial charge in [-0.1, -0.05) is 5.92 Å². The van der Waals surface area contributed by atoms with Gasteiger partial charge in [0.1, 0.15) is 0 Å². The van der Waals surface area contributed by atoms with Gasteiger partial charge in [-0.25, -0.2) is 0 Å². The normalized spacial score (nSPS) is 8.64. The molecule has 0 fully saturated rings. The maximum Gasteiger partial charge on any atom is 0.304 e. The number of nitro groups is 1. The number of aldehydes is 1. The Hall–Kier alpha value is -2.22. The van der Waals surface area contributed by atoms with Crippen molar-refractivity contribution in [3.8, 4) is 11.8 Å². The van der Waals surface area contributed by atoms with E-state index < -0.39 is 16.4 Å². The third-order valence-electron chi connectivity index (χ3n) is 1.42. The Kier molecular flexibility index (Phi) is 2.92. The van der Waals surface area contributed by atoms with E-state index in [4.69, 9.17) is 0 Å². The maximum atomic E-state index is 12.9. The standard InChI is InChI=1S/C9H4FNO3/c10-8-6-7(2-1-5-12)3-4-9(8)11(13)14/h3-6H. The SMILES string of the molecule is O=CC#Cc1ccc([N+](=O)[O-])c(F)c1. The van der Waals surface area contributed by atoms with E-state index in [1.54, 1.807) is 0 Å². The van der Waals surface area contributed by atoms with Crippen molar-refractivity contribution in [3.63, 3.8) is 0 Å². The number of hydrogen-bond acceptors (Lipinski definition) is 3. The van der Waals surface area contributed by atoms with Gasteiger partial charge in [0.05, 0.1) is 4.92 Å². The number of nitrogens with zero attached hydrogens (tertiary/aromatic N) is 1. The molecule has 1 rings (SSSR count). The lowest BCUT2D eigenvalue weighted by Crippen LogP contribution is -1.92. The minimum Gasteiger partial charge on any atom is -0.289 e. The van der Waals surface area contributed by atoms with Crippen LogP contribution in [0.1, 0.15) is 5.56 Å². The zero-order chi connectivity index (χ0) is 10.6. The molecular formula is C9H4FNO3. The number of carbonyl (C=O) groups excluding carboxylic acids is 1. The molecule has 0 aliphatic rings. The van der Waals surface area contributed by atoms with Crippen molar-refractivity contribution >= 4 is 12.0 Å². The summed E-state index contributed by atoms with van der Waals surface area (Å²) in [5.41, 5.74) is -0.387. The molecule has 0 saturated heterocycles. The first-order chi connectivity index (χ1) is 6.65. The molecule has 70 valence electrons.